The summed E-state index contributed by atoms with van der Waals surface area (Å²) in [7, 11) is -3.72. The Bertz CT molecular complexity index is 1470. The van der Waals surface area contributed by atoms with E-state index in [0.29, 0.717) is 21.8 Å². The number of sulfonamides is 1. The Hall–Kier alpha value is -2.65. The van der Waals surface area contributed by atoms with Crippen LogP contribution in [0.1, 0.15) is 24.0 Å². The van der Waals surface area contributed by atoms with E-state index in [9.17, 15) is 13.2 Å². The van der Waals surface area contributed by atoms with Gasteiger partial charge in [-0.3, -0.25) is 9.36 Å². The van der Waals surface area contributed by atoms with Crippen molar-refractivity contribution in [2.24, 2.45) is 0 Å². The predicted molar refractivity (Wildman–Crippen MR) is 139 cm³/mol. The molecule has 0 aliphatic carbocycles. The maximum Gasteiger partial charge on any atom is 0.308 e. The van der Waals surface area contributed by atoms with Crippen LogP contribution in [0.2, 0.25) is 5.02 Å². The van der Waals surface area contributed by atoms with Gasteiger partial charge in [-0.15, -0.1) is 0 Å². The molecule has 1 aliphatic rings. The van der Waals surface area contributed by atoms with Gasteiger partial charge in [0, 0.05) is 30.3 Å². The molecule has 3 aromatic carbocycles. The highest BCUT2D eigenvalue weighted by Crippen LogP contribution is 2.24. The number of aromatic nitrogens is 1. The van der Waals surface area contributed by atoms with Crippen LogP contribution in [0.5, 0.6) is 0 Å². The van der Waals surface area contributed by atoms with Crippen LogP contribution in [0.15, 0.2) is 76.4 Å². The summed E-state index contributed by atoms with van der Waals surface area (Å²) in [6, 6.07) is 20.1. The Morgan fingerprint density at radius 1 is 0.912 bits per heavy atom. The van der Waals surface area contributed by atoms with Crippen LogP contribution in [0.25, 0.3) is 10.2 Å². The fourth-order valence-electron chi connectivity index (χ4n) is 4.20. The van der Waals surface area contributed by atoms with E-state index in [0.717, 1.165) is 35.6 Å². The van der Waals surface area contributed by atoms with Gasteiger partial charge < -0.3 is 4.90 Å². The second kappa shape index (κ2) is 9.54. The molecule has 5 rings (SSSR count). The molecule has 1 fully saturated rings. The SMILES string of the molecule is O=c1sc2cc(S(=O)(=O)NCc3ccc(N4CCCC4)cc3)ccc2n1Cc1ccc(Cl)cc1. The topological polar surface area (TPSA) is 71.4 Å². The quantitative estimate of drug-likeness (QED) is 0.384. The lowest BCUT2D eigenvalue weighted by Crippen LogP contribution is -2.23. The van der Waals surface area contributed by atoms with Gasteiger partial charge in [0.2, 0.25) is 10.0 Å². The molecule has 2 heterocycles. The van der Waals surface area contributed by atoms with Crippen LogP contribution in [-0.2, 0) is 23.1 Å². The zero-order valence-corrected chi connectivity index (χ0v) is 20.8. The van der Waals surface area contributed by atoms with Crippen molar-refractivity contribution in [3.05, 3.63) is 92.5 Å². The number of fused-ring (bicyclic) bond motifs is 1. The summed E-state index contributed by atoms with van der Waals surface area (Å²) in [6.07, 6.45) is 2.43. The monoisotopic (exact) mass is 513 g/mol. The normalized spacial score (nSPS) is 14.2. The highest BCUT2D eigenvalue weighted by molar-refractivity contribution is 7.89. The number of rotatable bonds is 7. The van der Waals surface area contributed by atoms with Gasteiger partial charge in [-0.1, -0.05) is 47.2 Å². The number of nitrogens with one attached hydrogen (secondary N) is 1. The number of anilines is 1. The number of hydrogen-bond acceptors (Lipinski definition) is 5. The Kier molecular flexibility index (Phi) is 6.48. The van der Waals surface area contributed by atoms with Crippen molar-refractivity contribution in [2.75, 3.05) is 18.0 Å². The lowest BCUT2D eigenvalue weighted by Gasteiger charge is -2.17. The molecule has 176 valence electrons. The van der Waals surface area contributed by atoms with Gasteiger partial charge in [-0.2, -0.15) is 0 Å². The molecule has 1 N–H and O–H groups in total. The van der Waals surface area contributed by atoms with Gasteiger partial charge in [-0.05, 0) is 66.4 Å². The summed E-state index contributed by atoms with van der Waals surface area (Å²) in [5, 5.41) is 0.635. The Balaban J connectivity index is 1.31. The maximum absolute atomic E-state index is 12.9. The third kappa shape index (κ3) is 4.90. The summed E-state index contributed by atoms with van der Waals surface area (Å²) in [4.78, 5) is 14.9. The second-order valence-corrected chi connectivity index (χ2v) is 11.6. The number of benzene rings is 3. The first kappa shape index (κ1) is 23.1. The number of thiazole rings is 1. The highest BCUT2D eigenvalue weighted by Gasteiger charge is 2.17. The fourth-order valence-corrected chi connectivity index (χ4v) is 6.37. The minimum absolute atomic E-state index is 0.134. The summed E-state index contributed by atoms with van der Waals surface area (Å²) in [5.41, 5.74) is 3.72. The Morgan fingerprint density at radius 2 is 1.59 bits per heavy atom. The van der Waals surface area contributed by atoms with Crippen LogP contribution in [0.3, 0.4) is 0 Å². The second-order valence-electron chi connectivity index (χ2n) is 8.40. The van der Waals surface area contributed by atoms with Crippen LogP contribution in [0, 0.1) is 0 Å². The van der Waals surface area contributed by atoms with Crippen molar-refractivity contribution in [1.29, 1.82) is 0 Å². The molecule has 6 nitrogen and oxygen atoms in total. The van der Waals surface area contributed by atoms with Gasteiger partial charge >= 0.3 is 4.87 Å². The zero-order chi connectivity index (χ0) is 23.7. The Labute approximate surface area is 207 Å². The average Bonchev–Trinajstić information content (AvgIpc) is 3.48. The molecule has 0 bridgehead atoms. The molecule has 0 saturated carbocycles. The maximum atomic E-state index is 12.9. The van der Waals surface area contributed by atoms with E-state index in [1.807, 2.05) is 36.4 Å². The van der Waals surface area contributed by atoms with Crippen molar-refractivity contribution < 1.29 is 8.42 Å². The van der Waals surface area contributed by atoms with E-state index in [-0.39, 0.29) is 16.3 Å². The molecular formula is C25H24ClN3O3S2. The third-order valence-corrected chi connectivity index (χ3v) is 8.67. The first-order valence-corrected chi connectivity index (χ1v) is 13.8. The largest absolute Gasteiger partial charge is 0.372 e. The summed E-state index contributed by atoms with van der Waals surface area (Å²) < 4.78 is 30.8. The van der Waals surface area contributed by atoms with Crippen LogP contribution in [-0.4, -0.2) is 26.1 Å². The third-order valence-electron chi connectivity index (χ3n) is 6.08. The lowest BCUT2D eigenvalue weighted by molar-refractivity contribution is 0.581. The van der Waals surface area contributed by atoms with Crippen molar-refractivity contribution >= 4 is 48.9 Å². The first-order chi connectivity index (χ1) is 16.4. The molecule has 4 aromatic rings. The summed E-state index contributed by atoms with van der Waals surface area (Å²) in [5.74, 6) is 0. The molecule has 1 saturated heterocycles. The van der Waals surface area contributed by atoms with E-state index < -0.39 is 10.0 Å². The molecule has 1 aliphatic heterocycles. The average molecular weight is 514 g/mol. The zero-order valence-electron chi connectivity index (χ0n) is 18.4. The van der Waals surface area contributed by atoms with Crippen molar-refractivity contribution in [3.8, 4) is 0 Å². The van der Waals surface area contributed by atoms with E-state index in [1.165, 1.54) is 18.5 Å². The number of nitrogens with zero attached hydrogens (tertiary/aromatic N) is 2. The van der Waals surface area contributed by atoms with E-state index >= 15 is 0 Å². The van der Waals surface area contributed by atoms with Gasteiger partial charge in [0.25, 0.3) is 0 Å². The van der Waals surface area contributed by atoms with Crippen molar-refractivity contribution in [2.45, 2.75) is 30.8 Å². The van der Waals surface area contributed by atoms with Crippen LogP contribution < -0.4 is 14.5 Å². The molecule has 9 heteroatoms. The summed E-state index contributed by atoms with van der Waals surface area (Å²) >= 11 is 6.99. The van der Waals surface area contributed by atoms with Gasteiger partial charge in [0.1, 0.15) is 0 Å². The van der Waals surface area contributed by atoms with Gasteiger partial charge in [-0.25, -0.2) is 13.1 Å². The smallest absolute Gasteiger partial charge is 0.308 e. The van der Waals surface area contributed by atoms with Gasteiger partial charge in [0.15, 0.2) is 0 Å². The van der Waals surface area contributed by atoms with E-state index in [1.54, 1.807) is 34.9 Å². The van der Waals surface area contributed by atoms with Crippen molar-refractivity contribution in [1.82, 2.24) is 9.29 Å². The standard InChI is InChI=1S/C25H24ClN3O3S2/c26-20-7-3-19(4-8-20)17-29-23-12-11-22(15-24(23)33-25(29)30)34(31,32)27-16-18-5-9-21(10-6-18)28-13-1-2-14-28/h3-12,15,27H,1-2,13-14,16-17H2. The summed E-state index contributed by atoms with van der Waals surface area (Å²) in [6.45, 7) is 2.74. The van der Waals surface area contributed by atoms with Crippen molar-refractivity contribution in [3.63, 3.8) is 0 Å². The fraction of sp³-hybridized carbons (Fsp3) is 0.240. The number of hydrogen-bond donors (Lipinski definition) is 1. The molecule has 0 radical (unpaired) electrons. The van der Waals surface area contributed by atoms with E-state index in [4.69, 9.17) is 11.6 Å². The predicted octanol–water partition coefficient (Wildman–Crippen LogP) is 4.84. The first-order valence-electron chi connectivity index (χ1n) is 11.1. The molecule has 34 heavy (non-hydrogen) atoms. The molecule has 0 amide bonds. The van der Waals surface area contributed by atoms with Crippen LogP contribution in [0.4, 0.5) is 5.69 Å². The minimum atomic E-state index is -3.72. The Morgan fingerprint density at radius 3 is 2.29 bits per heavy atom. The van der Waals surface area contributed by atoms with Gasteiger partial charge in [0.05, 0.1) is 21.7 Å². The van der Waals surface area contributed by atoms with E-state index in [2.05, 4.69) is 9.62 Å². The molecule has 1 aromatic heterocycles. The minimum Gasteiger partial charge on any atom is -0.372 e. The highest BCUT2D eigenvalue weighted by atomic mass is 35.5. The van der Waals surface area contributed by atoms with Crippen LogP contribution >= 0.6 is 22.9 Å². The lowest BCUT2D eigenvalue weighted by atomic mass is 10.2. The molecular weight excluding hydrogens is 490 g/mol. The molecule has 0 unspecified atom stereocenters. The molecule has 0 atom stereocenters. The molecule has 0 spiro atoms. The number of halogens is 1.